The smallest absolute Gasteiger partial charge is 0.323 e. The van der Waals surface area contributed by atoms with Crippen molar-refractivity contribution in [3.8, 4) is 0 Å². The second kappa shape index (κ2) is 8.21. The average molecular weight is 397 g/mol. The highest BCUT2D eigenvalue weighted by molar-refractivity contribution is 7.89. The maximum atomic E-state index is 12.9. The molecule has 1 amide bonds. The van der Waals surface area contributed by atoms with E-state index >= 15 is 0 Å². The normalized spacial score (nSPS) is 16.1. The number of hydrogen-bond donors (Lipinski definition) is 3. The first-order valence-corrected chi connectivity index (χ1v) is 10.1. The van der Waals surface area contributed by atoms with E-state index in [4.69, 9.17) is 4.74 Å². The molecule has 27 heavy (non-hydrogen) atoms. The molecule has 148 valence electrons. The summed E-state index contributed by atoms with van der Waals surface area (Å²) in [6, 6.07) is 4.48. The van der Waals surface area contributed by atoms with Crippen molar-refractivity contribution < 1.29 is 17.9 Å². The number of aromatic amines is 2. The Balaban J connectivity index is 1.62. The molecule has 1 aromatic carbocycles. The molecule has 2 heterocycles. The molecule has 1 aliphatic rings. The van der Waals surface area contributed by atoms with Crippen molar-refractivity contribution >= 4 is 27.0 Å². The van der Waals surface area contributed by atoms with Crippen molar-refractivity contribution in [2.24, 2.45) is 0 Å². The number of nitrogens with zero attached hydrogens (tertiary/aromatic N) is 2. The summed E-state index contributed by atoms with van der Waals surface area (Å²) in [5.74, 6) is -0.0607. The molecule has 0 unspecified atom stereocenters. The van der Waals surface area contributed by atoms with Gasteiger partial charge in [0, 0.05) is 39.8 Å². The van der Waals surface area contributed by atoms with Crippen molar-refractivity contribution in [3.05, 3.63) is 28.7 Å². The van der Waals surface area contributed by atoms with E-state index in [9.17, 15) is 18.0 Å². The summed E-state index contributed by atoms with van der Waals surface area (Å²) in [6.07, 6.45) is 0. The predicted octanol–water partition coefficient (Wildman–Crippen LogP) is -1.07. The number of sulfonamides is 1. The SMILES string of the molecule is COCCNCC(=O)N1CCN(S(=O)(=O)c2ccc3[nH]c(=O)[nH]c3c2)CC1. The van der Waals surface area contributed by atoms with Crippen LogP contribution in [0.3, 0.4) is 0 Å². The molecule has 2 aromatic rings. The number of imidazole rings is 1. The number of carbonyl (C=O) groups is 1. The maximum Gasteiger partial charge on any atom is 0.323 e. The molecular weight excluding hydrogens is 374 g/mol. The number of fused-ring (bicyclic) bond motifs is 1. The van der Waals surface area contributed by atoms with Crippen molar-refractivity contribution in [2.75, 3.05) is 53.0 Å². The molecule has 11 heteroatoms. The lowest BCUT2D eigenvalue weighted by Crippen LogP contribution is -2.52. The zero-order valence-corrected chi connectivity index (χ0v) is 15.8. The highest BCUT2D eigenvalue weighted by Gasteiger charge is 2.30. The van der Waals surface area contributed by atoms with E-state index in [0.717, 1.165) is 0 Å². The third-order valence-electron chi connectivity index (χ3n) is 4.48. The third-order valence-corrected chi connectivity index (χ3v) is 6.37. The average Bonchev–Trinajstić information content (AvgIpc) is 3.04. The topological polar surface area (TPSA) is 128 Å². The molecule has 10 nitrogen and oxygen atoms in total. The van der Waals surface area contributed by atoms with Crippen LogP contribution in [0, 0.1) is 0 Å². The van der Waals surface area contributed by atoms with Crippen LogP contribution in [0.2, 0.25) is 0 Å². The lowest BCUT2D eigenvalue weighted by molar-refractivity contribution is -0.131. The maximum absolute atomic E-state index is 12.9. The van der Waals surface area contributed by atoms with Crippen LogP contribution in [0.15, 0.2) is 27.9 Å². The molecule has 0 atom stereocenters. The highest BCUT2D eigenvalue weighted by Crippen LogP contribution is 2.20. The Kier molecular flexibility index (Phi) is 5.95. The van der Waals surface area contributed by atoms with Crippen LogP contribution in [-0.4, -0.2) is 86.5 Å². The second-order valence-electron chi connectivity index (χ2n) is 6.24. The molecule has 3 N–H and O–H groups in total. The fourth-order valence-electron chi connectivity index (χ4n) is 2.98. The van der Waals surface area contributed by atoms with Crippen molar-refractivity contribution in [1.29, 1.82) is 0 Å². The van der Waals surface area contributed by atoms with Crippen LogP contribution < -0.4 is 11.0 Å². The van der Waals surface area contributed by atoms with Gasteiger partial charge >= 0.3 is 5.69 Å². The van der Waals surface area contributed by atoms with Crippen LogP contribution in [0.4, 0.5) is 0 Å². The van der Waals surface area contributed by atoms with Gasteiger partial charge in [-0.15, -0.1) is 0 Å². The number of aromatic nitrogens is 2. The Morgan fingerprint density at radius 3 is 2.59 bits per heavy atom. The van der Waals surface area contributed by atoms with Crippen molar-refractivity contribution in [1.82, 2.24) is 24.5 Å². The zero-order valence-electron chi connectivity index (χ0n) is 15.0. The number of rotatable bonds is 7. The number of carbonyl (C=O) groups excluding carboxylic acids is 1. The summed E-state index contributed by atoms with van der Waals surface area (Å²) in [4.78, 5) is 30.4. The van der Waals surface area contributed by atoms with E-state index in [-0.39, 0.29) is 36.1 Å². The Hall–Kier alpha value is -2.21. The zero-order chi connectivity index (χ0) is 19.4. The molecule has 0 saturated carbocycles. The monoisotopic (exact) mass is 397 g/mol. The quantitative estimate of drug-likeness (QED) is 0.510. The molecule has 0 bridgehead atoms. The van der Waals surface area contributed by atoms with Gasteiger partial charge in [-0.3, -0.25) is 4.79 Å². The van der Waals surface area contributed by atoms with Crippen molar-refractivity contribution in [2.45, 2.75) is 4.90 Å². The van der Waals surface area contributed by atoms with Crippen LogP contribution in [-0.2, 0) is 19.6 Å². The minimum atomic E-state index is -3.69. The van der Waals surface area contributed by atoms with Gasteiger partial charge in [-0.2, -0.15) is 4.31 Å². The molecule has 3 rings (SSSR count). The number of H-pyrrole nitrogens is 2. The Morgan fingerprint density at radius 2 is 1.89 bits per heavy atom. The number of methoxy groups -OCH3 is 1. The molecule has 0 spiro atoms. The molecule has 0 radical (unpaired) electrons. The Labute approximate surface area is 156 Å². The van der Waals surface area contributed by atoms with E-state index in [1.807, 2.05) is 0 Å². The lowest BCUT2D eigenvalue weighted by Gasteiger charge is -2.34. The summed E-state index contributed by atoms with van der Waals surface area (Å²) in [5.41, 5.74) is 0.609. The second-order valence-corrected chi connectivity index (χ2v) is 8.18. The van der Waals surface area contributed by atoms with Gasteiger partial charge in [-0.25, -0.2) is 13.2 Å². The molecule has 0 aliphatic carbocycles. The third kappa shape index (κ3) is 4.38. The van der Waals surface area contributed by atoms with E-state index < -0.39 is 10.0 Å². The van der Waals surface area contributed by atoms with Crippen molar-refractivity contribution in [3.63, 3.8) is 0 Å². The van der Waals surface area contributed by atoms with Gasteiger partial charge in [0.15, 0.2) is 0 Å². The Bertz CT molecular complexity index is 959. The fourth-order valence-corrected chi connectivity index (χ4v) is 4.43. The fraction of sp³-hybridized carbons (Fsp3) is 0.500. The van der Waals surface area contributed by atoms with E-state index in [2.05, 4.69) is 15.3 Å². The number of hydrogen-bond acceptors (Lipinski definition) is 6. The van der Waals surface area contributed by atoms with E-state index in [0.29, 0.717) is 37.3 Å². The molecular formula is C16H23N5O5S. The summed E-state index contributed by atoms with van der Waals surface area (Å²) in [6.45, 7) is 2.45. The molecule has 1 fully saturated rings. The number of amides is 1. The molecule has 1 saturated heterocycles. The number of ether oxygens (including phenoxy) is 1. The first kappa shape index (κ1) is 19.5. The van der Waals surface area contributed by atoms with Gasteiger partial charge < -0.3 is 24.9 Å². The van der Waals surface area contributed by atoms with Gasteiger partial charge in [0.05, 0.1) is 29.1 Å². The minimum Gasteiger partial charge on any atom is -0.383 e. The number of nitrogens with one attached hydrogen (secondary N) is 3. The standard InChI is InChI=1S/C16H23N5O5S/c1-26-9-4-17-11-15(22)20-5-7-21(8-6-20)27(24,25)12-2-3-13-14(10-12)19-16(23)18-13/h2-3,10,17H,4-9,11H2,1H3,(H2,18,19,23). The van der Waals surface area contributed by atoms with Crippen LogP contribution in [0.1, 0.15) is 0 Å². The number of benzene rings is 1. The van der Waals surface area contributed by atoms with E-state index in [1.165, 1.54) is 16.4 Å². The minimum absolute atomic E-state index is 0.0607. The van der Waals surface area contributed by atoms with Crippen LogP contribution in [0.5, 0.6) is 0 Å². The Morgan fingerprint density at radius 1 is 1.19 bits per heavy atom. The van der Waals surface area contributed by atoms with E-state index in [1.54, 1.807) is 18.1 Å². The van der Waals surface area contributed by atoms with Crippen LogP contribution >= 0.6 is 0 Å². The largest absolute Gasteiger partial charge is 0.383 e. The van der Waals surface area contributed by atoms with Crippen LogP contribution in [0.25, 0.3) is 11.0 Å². The summed E-state index contributed by atoms with van der Waals surface area (Å²) >= 11 is 0. The predicted molar refractivity (Wildman–Crippen MR) is 99.0 cm³/mol. The summed E-state index contributed by atoms with van der Waals surface area (Å²) < 4.78 is 32.0. The molecule has 1 aliphatic heterocycles. The lowest BCUT2D eigenvalue weighted by atomic mass is 10.3. The van der Waals surface area contributed by atoms with Gasteiger partial charge in [-0.05, 0) is 18.2 Å². The van der Waals surface area contributed by atoms with Gasteiger partial charge in [-0.1, -0.05) is 0 Å². The summed E-state index contributed by atoms with van der Waals surface area (Å²) in [7, 11) is -2.10. The van der Waals surface area contributed by atoms with Gasteiger partial charge in [0.1, 0.15) is 0 Å². The van der Waals surface area contributed by atoms with Gasteiger partial charge in [0.25, 0.3) is 0 Å². The first-order chi connectivity index (χ1) is 12.9. The number of piperazine rings is 1. The molecule has 1 aromatic heterocycles. The van der Waals surface area contributed by atoms with Gasteiger partial charge in [0.2, 0.25) is 15.9 Å². The first-order valence-electron chi connectivity index (χ1n) is 8.61. The summed E-state index contributed by atoms with van der Waals surface area (Å²) in [5, 5.41) is 2.99. The highest BCUT2D eigenvalue weighted by atomic mass is 32.2.